The standard InChI is InChI=1S/C13H14N2O2/c16-7-13(8-17-9-13)12-14-6-11(15-12)10-4-2-1-3-5-10/h1-6,16H,7-9H2,(H,14,15). The van der Waals surface area contributed by atoms with Gasteiger partial charge in [-0.05, 0) is 5.56 Å². The number of rotatable bonds is 3. The van der Waals surface area contributed by atoms with Crippen LogP contribution in [0.5, 0.6) is 0 Å². The van der Waals surface area contributed by atoms with Crippen LogP contribution in [0.15, 0.2) is 36.5 Å². The lowest BCUT2D eigenvalue weighted by molar-refractivity contribution is -0.0880. The minimum Gasteiger partial charge on any atom is -0.395 e. The van der Waals surface area contributed by atoms with Gasteiger partial charge in [-0.1, -0.05) is 30.3 Å². The molecule has 1 aliphatic rings. The van der Waals surface area contributed by atoms with Crippen LogP contribution in [-0.4, -0.2) is 34.9 Å². The molecule has 0 aliphatic carbocycles. The highest BCUT2D eigenvalue weighted by Gasteiger charge is 2.42. The number of nitrogens with zero attached hydrogens (tertiary/aromatic N) is 1. The molecular formula is C13H14N2O2. The first-order chi connectivity index (χ1) is 8.34. The third-order valence-corrected chi connectivity index (χ3v) is 3.22. The Morgan fingerprint density at radius 1 is 1.29 bits per heavy atom. The Morgan fingerprint density at radius 2 is 2.06 bits per heavy atom. The van der Waals surface area contributed by atoms with Crippen LogP contribution in [0.4, 0.5) is 0 Å². The lowest BCUT2D eigenvalue weighted by atomic mass is 9.86. The van der Waals surface area contributed by atoms with E-state index < -0.39 is 0 Å². The van der Waals surface area contributed by atoms with E-state index in [9.17, 15) is 5.11 Å². The number of aromatic nitrogens is 2. The number of benzene rings is 1. The molecular weight excluding hydrogens is 216 g/mol. The normalized spacial score (nSPS) is 17.7. The maximum atomic E-state index is 9.43. The highest BCUT2D eigenvalue weighted by atomic mass is 16.5. The van der Waals surface area contributed by atoms with E-state index in [0.717, 1.165) is 17.1 Å². The second kappa shape index (κ2) is 3.98. The predicted molar refractivity (Wildman–Crippen MR) is 63.6 cm³/mol. The molecule has 0 unspecified atom stereocenters. The highest BCUT2D eigenvalue weighted by Crippen LogP contribution is 2.31. The topological polar surface area (TPSA) is 58.1 Å². The van der Waals surface area contributed by atoms with Crippen molar-refractivity contribution in [3.05, 3.63) is 42.4 Å². The van der Waals surface area contributed by atoms with Gasteiger partial charge < -0.3 is 14.8 Å². The second-order valence-corrected chi connectivity index (χ2v) is 4.44. The van der Waals surface area contributed by atoms with Crippen molar-refractivity contribution in [1.82, 2.24) is 9.97 Å². The van der Waals surface area contributed by atoms with Gasteiger partial charge in [0.15, 0.2) is 0 Å². The molecule has 0 amide bonds. The molecule has 88 valence electrons. The molecule has 2 heterocycles. The zero-order chi connectivity index (χ0) is 11.7. The van der Waals surface area contributed by atoms with E-state index in [1.54, 1.807) is 6.20 Å². The molecule has 0 spiro atoms. The van der Waals surface area contributed by atoms with Crippen molar-refractivity contribution < 1.29 is 9.84 Å². The number of imidazole rings is 1. The molecule has 4 nitrogen and oxygen atoms in total. The smallest absolute Gasteiger partial charge is 0.119 e. The maximum Gasteiger partial charge on any atom is 0.119 e. The molecule has 1 aromatic carbocycles. The Kier molecular flexibility index (Phi) is 2.46. The van der Waals surface area contributed by atoms with Crippen LogP contribution in [0, 0.1) is 0 Å². The summed E-state index contributed by atoms with van der Waals surface area (Å²) in [5, 5.41) is 9.43. The third-order valence-electron chi connectivity index (χ3n) is 3.22. The Labute approximate surface area is 99.3 Å². The van der Waals surface area contributed by atoms with Crippen molar-refractivity contribution in [2.75, 3.05) is 19.8 Å². The number of aliphatic hydroxyl groups is 1. The number of hydrogen-bond donors (Lipinski definition) is 2. The van der Waals surface area contributed by atoms with E-state index in [1.807, 2.05) is 30.3 Å². The fourth-order valence-electron chi connectivity index (χ4n) is 2.01. The summed E-state index contributed by atoms with van der Waals surface area (Å²) >= 11 is 0. The largest absolute Gasteiger partial charge is 0.395 e. The second-order valence-electron chi connectivity index (χ2n) is 4.44. The Hall–Kier alpha value is -1.65. The third kappa shape index (κ3) is 1.66. The first-order valence-electron chi connectivity index (χ1n) is 5.64. The van der Waals surface area contributed by atoms with Gasteiger partial charge in [-0.25, -0.2) is 4.98 Å². The average molecular weight is 230 g/mol. The number of aliphatic hydroxyl groups excluding tert-OH is 1. The molecule has 17 heavy (non-hydrogen) atoms. The number of ether oxygens (including phenoxy) is 1. The number of aromatic amines is 1. The number of H-pyrrole nitrogens is 1. The zero-order valence-corrected chi connectivity index (χ0v) is 9.39. The Morgan fingerprint density at radius 3 is 2.65 bits per heavy atom. The van der Waals surface area contributed by atoms with Gasteiger partial charge in [-0.3, -0.25) is 0 Å². The molecule has 0 radical (unpaired) electrons. The van der Waals surface area contributed by atoms with Crippen LogP contribution in [-0.2, 0) is 10.2 Å². The molecule has 3 rings (SSSR count). The van der Waals surface area contributed by atoms with Gasteiger partial charge in [0.25, 0.3) is 0 Å². The fraction of sp³-hybridized carbons (Fsp3) is 0.308. The summed E-state index contributed by atoms with van der Waals surface area (Å²) < 4.78 is 5.18. The molecule has 0 atom stereocenters. The van der Waals surface area contributed by atoms with Crippen molar-refractivity contribution in [2.45, 2.75) is 5.41 Å². The van der Waals surface area contributed by atoms with Crippen LogP contribution in [0.2, 0.25) is 0 Å². The first-order valence-corrected chi connectivity index (χ1v) is 5.64. The maximum absolute atomic E-state index is 9.43. The van der Waals surface area contributed by atoms with Crippen molar-refractivity contribution in [1.29, 1.82) is 0 Å². The molecule has 4 heteroatoms. The first kappa shape index (κ1) is 10.5. The summed E-state index contributed by atoms with van der Waals surface area (Å²) in [4.78, 5) is 7.63. The van der Waals surface area contributed by atoms with Crippen molar-refractivity contribution in [3.63, 3.8) is 0 Å². The summed E-state index contributed by atoms with van der Waals surface area (Å²) in [7, 11) is 0. The SMILES string of the molecule is OCC1(c2ncc(-c3ccccc3)[nH]2)COC1. The molecule has 0 bridgehead atoms. The summed E-state index contributed by atoms with van der Waals surface area (Å²) in [5.74, 6) is 0.810. The predicted octanol–water partition coefficient (Wildman–Crippen LogP) is 1.34. The molecule has 1 aromatic heterocycles. The monoisotopic (exact) mass is 230 g/mol. The Bertz CT molecular complexity index is 498. The van der Waals surface area contributed by atoms with Crippen LogP contribution in [0.1, 0.15) is 5.82 Å². The van der Waals surface area contributed by atoms with E-state index in [2.05, 4.69) is 9.97 Å². The zero-order valence-electron chi connectivity index (χ0n) is 9.39. The Balaban J connectivity index is 1.93. The van der Waals surface area contributed by atoms with Crippen molar-refractivity contribution in [2.24, 2.45) is 0 Å². The fourth-order valence-corrected chi connectivity index (χ4v) is 2.01. The summed E-state index contributed by atoms with van der Waals surface area (Å²) in [6, 6.07) is 10.0. The van der Waals surface area contributed by atoms with Gasteiger partial charge in [0.05, 0.1) is 37.1 Å². The van der Waals surface area contributed by atoms with E-state index in [0.29, 0.717) is 13.2 Å². The van der Waals surface area contributed by atoms with Gasteiger partial charge in [0, 0.05) is 0 Å². The van der Waals surface area contributed by atoms with Crippen LogP contribution in [0.25, 0.3) is 11.3 Å². The minimum absolute atomic E-state index is 0.0642. The van der Waals surface area contributed by atoms with Gasteiger partial charge in [0.1, 0.15) is 5.82 Å². The molecule has 1 saturated heterocycles. The van der Waals surface area contributed by atoms with E-state index in [-0.39, 0.29) is 12.0 Å². The summed E-state index contributed by atoms with van der Waals surface area (Å²) in [5.41, 5.74) is 1.74. The van der Waals surface area contributed by atoms with Crippen LogP contribution in [0.3, 0.4) is 0 Å². The van der Waals surface area contributed by atoms with Gasteiger partial charge in [-0.2, -0.15) is 0 Å². The lowest BCUT2D eigenvalue weighted by Crippen LogP contribution is -2.50. The van der Waals surface area contributed by atoms with Gasteiger partial charge >= 0.3 is 0 Å². The molecule has 1 fully saturated rings. The van der Waals surface area contributed by atoms with E-state index in [1.165, 1.54) is 0 Å². The van der Waals surface area contributed by atoms with Crippen LogP contribution >= 0.6 is 0 Å². The highest BCUT2D eigenvalue weighted by molar-refractivity contribution is 5.58. The summed E-state index contributed by atoms with van der Waals surface area (Å²) in [6.45, 7) is 1.13. The van der Waals surface area contributed by atoms with Gasteiger partial charge in [-0.15, -0.1) is 0 Å². The van der Waals surface area contributed by atoms with Crippen LogP contribution < -0.4 is 0 Å². The molecule has 2 aromatic rings. The van der Waals surface area contributed by atoms with Gasteiger partial charge in [0.2, 0.25) is 0 Å². The number of nitrogens with one attached hydrogen (secondary N) is 1. The molecule has 1 aliphatic heterocycles. The molecule has 2 N–H and O–H groups in total. The minimum atomic E-state index is -0.326. The number of hydrogen-bond acceptors (Lipinski definition) is 3. The van der Waals surface area contributed by atoms with Crippen molar-refractivity contribution >= 4 is 0 Å². The van der Waals surface area contributed by atoms with Crippen molar-refractivity contribution in [3.8, 4) is 11.3 Å². The lowest BCUT2D eigenvalue weighted by Gasteiger charge is -2.37. The quantitative estimate of drug-likeness (QED) is 0.836. The molecule has 0 saturated carbocycles. The average Bonchev–Trinajstić information content (AvgIpc) is 2.80. The van der Waals surface area contributed by atoms with E-state index >= 15 is 0 Å². The summed E-state index contributed by atoms with van der Waals surface area (Å²) in [6.07, 6.45) is 1.81. The van der Waals surface area contributed by atoms with E-state index in [4.69, 9.17) is 4.74 Å².